The van der Waals surface area contributed by atoms with Crippen molar-refractivity contribution < 1.29 is 4.42 Å². The van der Waals surface area contributed by atoms with Crippen LogP contribution in [0, 0.1) is 0 Å². The predicted molar refractivity (Wildman–Crippen MR) is 85.4 cm³/mol. The molecule has 2 aromatic carbocycles. The van der Waals surface area contributed by atoms with E-state index in [0.717, 1.165) is 35.4 Å². The SMILES string of the molecule is c1ccc2nc(CCc3cc4ccccc4o3)ccc2c1. The molecular weight excluding hydrogens is 258 g/mol. The molecule has 4 aromatic rings. The van der Waals surface area contributed by atoms with Gasteiger partial charge in [0.2, 0.25) is 0 Å². The molecule has 2 nitrogen and oxygen atoms in total. The number of hydrogen-bond donors (Lipinski definition) is 0. The zero-order valence-corrected chi connectivity index (χ0v) is 11.6. The lowest BCUT2D eigenvalue weighted by Gasteiger charge is -2.01. The molecule has 0 aliphatic heterocycles. The number of nitrogens with zero attached hydrogens (tertiary/aromatic N) is 1. The Morgan fingerprint density at radius 3 is 2.48 bits per heavy atom. The van der Waals surface area contributed by atoms with E-state index in [1.54, 1.807) is 0 Å². The summed E-state index contributed by atoms with van der Waals surface area (Å²) >= 11 is 0. The fourth-order valence-electron chi connectivity index (χ4n) is 2.66. The van der Waals surface area contributed by atoms with Crippen LogP contribution in [-0.2, 0) is 12.8 Å². The fourth-order valence-corrected chi connectivity index (χ4v) is 2.66. The average molecular weight is 273 g/mol. The van der Waals surface area contributed by atoms with Gasteiger partial charge in [-0.15, -0.1) is 0 Å². The van der Waals surface area contributed by atoms with E-state index in [-0.39, 0.29) is 0 Å². The van der Waals surface area contributed by atoms with Crippen LogP contribution in [0.1, 0.15) is 11.5 Å². The number of fused-ring (bicyclic) bond motifs is 2. The molecule has 0 aliphatic carbocycles. The first-order valence-electron chi connectivity index (χ1n) is 7.21. The molecule has 0 fully saturated rings. The van der Waals surface area contributed by atoms with Gasteiger partial charge in [-0.2, -0.15) is 0 Å². The molecule has 0 amide bonds. The average Bonchev–Trinajstić information content (AvgIpc) is 2.95. The Hall–Kier alpha value is -2.61. The second kappa shape index (κ2) is 5.06. The van der Waals surface area contributed by atoms with Gasteiger partial charge in [0, 0.05) is 22.9 Å². The first-order valence-corrected chi connectivity index (χ1v) is 7.21. The van der Waals surface area contributed by atoms with E-state index in [1.165, 1.54) is 10.8 Å². The van der Waals surface area contributed by atoms with Crippen LogP contribution >= 0.6 is 0 Å². The molecule has 102 valence electrons. The molecule has 0 spiro atoms. The highest BCUT2D eigenvalue weighted by Gasteiger charge is 2.04. The topological polar surface area (TPSA) is 26.0 Å². The third kappa shape index (κ3) is 2.40. The Morgan fingerprint density at radius 2 is 1.57 bits per heavy atom. The molecule has 2 aromatic heterocycles. The minimum atomic E-state index is 0.875. The molecule has 2 heterocycles. The fraction of sp³-hybridized carbons (Fsp3) is 0.105. The summed E-state index contributed by atoms with van der Waals surface area (Å²) in [4.78, 5) is 4.70. The van der Waals surface area contributed by atoms with Crippen molar-refractivity contribution in [2.45, 2.75) is 12.8 Å². The van der Waals surface area contributed by atoms with E-state index in [9.17, 15) is 0 Å². The van der Waals surface area contributed by atoms with Crippen LogP contribution in [0.15, 0.2) is 71.1 Å². The Bertz CT molecular complexity index is 874. The third-order valence-electron chi connectivity index (χ3n) is 3.76. The van der Waals surface area contributed by atoms with Crippen molar-refractivity contribution in [1.29, 1.82) is 0 Å². The maximum atomic E-state index is 5.85. The largest absolute Gasteiger partial charge is 0.461 e. The van der Waals surface area contributed by atoms with E-state index >= 15 is 0 Å². The van der Waals surface area contributed by atoms with Gasteiger partial charge in [-0.3, -0.25) is 4.98 Å². The summed E-state index contributed by atoms with van der Waals surface area (Å²) in [7, 11) is 0. The normalized spacial score (nSPS) is 11.2. The van der Waals surface area contributed by atoms with E-state index in [4.69, 9.17) is 9.40 Å². The van der Waals surface area contributed by atoms with Crippen molar-refractivity contribution in [3.8, 4) is 0 Å². The smallest absolute Gasteiger partial charge is 0.134 e. The lowest BCUT2D eigenvalue weighted by atomic mass is 10.1. The zero-order valence-electron chi connectivity index (χ0n) is 11.6. The van der Waals surface area contributed by atoms with Crippen LogP contribution in [0.4, 0.5) is 0 Å². The maximum absolute atomic E-state index is 5.85. The zero-order chi connectivity index (χ0) is 14.1. The van der Waals surface area contributed by atoms with E-state index in [2.05, 4.69) is 36.4 Å². The van der Waals surface area contributed by atoms with Crippen LogP contribution in [-0.4, -0.2) is 4.98 Å². The number of benzene rings is 2. The van der Waals surface area contributed by atoms with Gasteiger partial charge in [-0.25, -0.2) is 0 Å². The van der Waals surface area contributed by atoms with E-state index in [1.807, 2.05) is 30.3 Å². The van der Waals surface area contributed by atoms with Crippen molar-refractivity contribution in [3.63, 3.8) is 0 Å². The molecule has 0 unspecified atom stereocenters. The molecule has 2 heteroatoms. The van der Waals surface area contributed by atoms with Crippen LogP contribution in [0.2, 0.25) is 0 Å². The monoisotopic (exact) mass is 273 g/mol. The summed E-state index contributed by atoms with van der Waals surface area (Å²) in [6.07, 6.45) is 1.77. The number of hydrogen-bond acceptors (Lipinski definition) is 2. The highest BCUT2D eigenvalue weighted by Crippen LogP contribution is 2.20. The minimum Gasteiger partial charge on any atom is -0.461 e. The summed E-state index contributed by atoms with van der Waals surface area (Å²) in [5.74, 6) is 1.02. The Morgan fingerprint density at radius 1 is 0.762 bits per heavy atom. The van der Waals surface area contributed by atoms with Crippen molar-refractivity contribution in [3.05, 3.63) is 78.2 Å². The van der Waals surface area contributed by atoms with Crippen LogP contribution < -0.4 is 0 Å². The molecular formula is C19H15NO. The molecule has 0 atom stereocenters. The molecule has 21 heavy (non-hydrogen) atoms. The van der Waals surface area contributed by atoms with Crippen molar-refractivity contribution in [2.75, 3.05) is 0 Å². The van der Waals surface area contributed by atoms with Gasteiger partial charge >= 0.3 is 0 Å². The van der Waals surface area contributed by atoms with Gasteiger partial charge in [0.05, 0.1) is 5.52 Å². The van der Waals surface area contributed by atoms with Crippen LogP contribution in [0.25, 0.3) is 21.9 Å². The summed E-state index contributed by atoms with van der Waals surface area (Å²) in [5, 5.41) is 2.35. The van der Waals surface area contributed by atoms with Gasteiger partial charge in [0.15, 0.2) is 0 Å². The van der Waals surface area contributed by atoms with Crippen LogP contribution in [0.5, 0.6) is 0 Å². The molecule has 0 saturated carbocycles. The lowest BCUT2D eigenvalue weighted by molar-refractivity contribution is 0.546. The van der Waals surface area contributed by atoms with Crippen molar-refractivity contribution >= 4 is 21.9 Å². The highest BCUT2D eigenvalue weighted by molar-refractivity contribution is 5.78. The van der Waals surface area contributed by atoms with Crippen molar-refractivity contribution in [2.24, 2.45) is 0 Å². The second-order valence-corrected chi connectivity index (χ2v) is 5.25. The molecule has 0 N–H and O–H groups in total. The van der Waals surface area contributed by atoms with Crippen molar-refractivity contribution in [1.82, 2.24) is 4.98 Å². The highest BCUT2D eigenvalue weighted by atomic mass is 16.3. The van der Waals surface area contributed by atoms with Gasteiger partial charge in [0.25, 0.3) is 0 Å². The van der Waals surface area contributed by atoms with Gasteiger partial charge in [-0.1, -0.05) is 42.5 Å². The first-order chi connectivity index (χ1) is 10.4. The Kier molecular flexibility index (Phi) is 2.93. The van der Waals surface area contributed by atoms with Gasteiger partial charge < -0.3 is 4.42 Å². The summed E-state index contributed by atoms with van der Waals surface area (Å²) in [6.45, 7) is 0. The summed E-state index contributed by atoms with van der Waals surface area (Å²) in [6, 6.07) is 22.7. The quantitative estimate of drug-likeness (QED) is 0.537. The molecule has 4 rings (SSSR count). The van der Waals surface area contributed by atoms with Gasteiger partial charge in [-0.05, 0) is 30.7 Å². The third-order valence-corrected chi connectivity index (χ3v) is 3.76. The molecule has 0 bridgehead atoms. The molecule has 0 saturated heterocycles. The van der Waals surface area contributed by atoms with Gasteiger partial charge in [0.1, 0.15) is 11.3 Å². The number of aryl methyl sites for hydroxylation is 2. The number of aromatic nitrogens is 1. The standard InChI is InChI=1S/C19H15NO/c1-3-7-18-14(5-1)9-10-16(20-18)11-12-17-13-15-6-2-4-8-19(15)21-17/h1-10,13H,11-12H2. The van der Waals surface area contributed by atoms with Crippen LogP contribution in [0.3, 0.4) is 0 Å². The molecule has 0 aliphatic rings. The Balaban J connectivity index is 1.57. The predicted octanol–water partition coefficient (Wildman–Crippen LogP) is 4.77. The van der Waals surface area contributed by atoms with E-state index in [0.29, 0.717) is 0 Å². The first kappa shape index (κ1) is 12.2. The lowest BCUT2D eigenvalue weighted by Crippen LogP contribution is -1.93. The second-order valence-electron chi connectivity index (χ2n) is 5.25. The number of furan rings is 1. The summed E-state index contributed by atoms with van der Waals surface area (Å²) in [5.41, 5.74) is 3.12. The number of rotatable bonds is 3. The Labute approximate surface area is 123 Å². The number of pyridine rings is 1. The molecule has 0 radical (unpaired) electrons. The number of para-hydroxylation sites is 2. The van der Waals surface area contributed by atoms with E-state index < -0.39 is 0 Å². The maximum Gasteiger partial charge on any atom is 0.134 e. The minimum absolute atomic E-state index is 0.875. The summed E-state index contributed by atoms with van der Waals surface area (Å²) < 4.78 is 5.85.